The monoisotopic (exact) mass is 260 g/mol. The maximum atomic E-state index is 6.18. The zero-order chi connectivity index (χ0) is 13.0. The lowest BCUT2D eigenvalue weighted by Crippen LogP contribution is -2.11. The molecule has 0 aliphatic carbocycles. The number of nitrogens with two attached hydrogens (primary N) is 1. The van der Waals surface area contributed by atoms with Crippen molar-refractivity contribution in [3.05, 3.63) is 59.1 Å². The fourth-order valence-corrected chi connectivity index (χ4v) is 2.21. The summed E-state index contributed by atoms with van der Waals surface area (Å²) < 4.78 is 0. The molecule has 0 aliphatic heterocycles. The van der Waals surface area contributed by atoms with Crippen LogP contribution >= 0.6 is 11.6 Å². The molecular weight excluding hydrogens is 244 g/mol. The Morgan fingerprint density at radius 1 is 1.11 bits per heavy atom. The van der Waals surface area contributed by atoms with Gasteiger partial charge in [0.25, 0.3) is 0 Å². The Hall–Kier alpha value is -1.67. The molecule has 0 saturated heterocycles. The molecule has 1 unspecified atom stereocenters. The molecule has 0 heterocycles. The third-order valence-corrected chi connectivity index (χ3v) is 3.29. The largest absolute Gasteiger partial charge is 0.397 e. The van der Waals surface area contributed by atoms with Gasteiger partial charge in [0.1, 0.15) is 0 Å². The Morgan fingerprint density at radius 2 is 1.83 bits per heavy atom. The van der Waals surface area contributed by atoms with Gasteiger partial charge in [-0.25, -0.2) is 0 Å². The predicted octanol–water partition coefficient (Wildman–Crippen LogP) is 4.49. The first-order chi connectivity index (χ1) is 8.72. The third-order valence-electron chi connectivity index (χ3n) is 2.97. The molecule has 2 aromatic rings. The van der Waals surface area contributed by atoms with E-state index in [1.54, 1.807) is 0 Å². The van der Waals surface area contributed by atoms with Crippen molar-refractivity contribution in [3.8, 4) is 0 Å². The van der Waals surface area contributed by atoms with Crippen LogP contribution in [0.4, 0.5) is 11.4 Å². The molecule has 1 atom stereocenters. The number of nitrogen functional groups attached to an aromatic ring is 1. The van der Waals surface area contributed by atoms with Crippen molar-refractivity contribution >= 4 is 23.0 Å². The Balaban J connectivity index is 2.26. The summed E-state index contributed by atoms with van der Waals surface area (Å²) in [5, 5.41) is 4.08. The molecule has 0 amide bonds. The van der Waals surface area contributed by atoms with E-state index in [-0.39, 0.29) is 6.04 Å². The van der Waals surface area contributed by atoms with Crippen LogP contribution in [0, 0.1) is 0 Å². The van der Waals surface area contributed by atoms with Crippen molar-refractivity contribution in [2.45, 2.75) is 19.4 Å². The number of anilines is 2. The topological polar surface area (TPSA) is 38.0 Å². The number of benzene rings is 2. The first-order valence-corrected chi connectivity index (χ1v) is 6.45. The smallest absolute Gasteiger partial charge is 0.0767 e. The number of nitrogens with one attached hydrogen (secondary N) is 1. The molecule has 2 rings (SSSR count). The molecule has 3 N–H and O–H groups in total. The maximum Gasteiger partial charge on any atom is 0.0767 e. The first kappa shape index (κ1) is 12.8. The number of halogens is 1. The molecular formula is C15H17ClN2. The van der Waals surface area contributed by atoms with Crippen molar-refractivity contribution in [2.75, 3.05) is 11.1 Å². The molecule has 0 bridgehead atoms. The van der Waals surface area contributed by atoms with E-state index in [1.165, 1.54) is 5.56 Å². The lowest BCUT2D eigenvalue weighted by Gasteiger charge is -2.20. The normalized spacial score (nSPS) is 12.1. The molecule has 2 aromatic carbocycles. The van der Waals surface area contributed by atoms with Gasteiger partial charge < -0.3 is 11.1 Å². The van der Waals surface area contributed by atoms with E-state index in [2.05, 4.69) is 24.4 Å². The minimum atomic E-state index is 0.216. The maximum absolute atomic E-state index is 6.18. The minimum absolute atomic E-state index is 0.216. The highest BCUT2D eigenvalue weighted by molar-refractivity contribution is 6.33. The Morgan fingerprint density at radius 3 is 2.44 bits per heavy atom. The lowest BCUT2D eigenvalue weighted by molar-refractivity contribution is 0.750. The summed E-state index contributed by atoms with van der Waals surface area (Å²) in [7, 11) is 0. The van der Waals surface area contributed by atoms with Crippen LogP contribution in [0.1, 0.15) is 24.9 Å². The predicted molar refractivity (Wildman–Crippen MR) is 79.0 cm³/mol. The van der Waals surface area contributed by atoms with Crippen LogP contribution in [0.2, 0.25) is 5.02 Å². The van der Waals surface area contributed by atoms with E-state index in [0.29, 0.717) is 10.7 Å². The van der Waals surface area contributed by atoms with E-state index in [9.17, 15) is 0 Å². The van der Waals surface area contributed by atoms with Crippen LogP contribution in [0.25, 0.3) is 0 Å². The molecule has 18 heavy (non-hydrogen) atoms. The average molecular weight is 261 g/mol. The van der Waals surface area contributed by atoms with Crippen LogP contribution < -0.4 is 11.1 Å². The minimum Gasteiger partial charge on any atom is -0.397 e. The zero-order valence-electron chi connectivity index (χ0n) is 10.4. The second-order valence-corrected chi connectivity index (χ2v) is 4.63. The van der Waals surface area contributed by atoms with Crippen LogP contribution in [-0.4, -0.2) is 0 Å². The lowest BCUT2D eigenvalue weighted by atomic mass is 10.0. The van der Waals surface area contributed by atoms with E-state index < -0.39 is 0 Å². The van der Waals surface area contributed by atoms with Gasteiger partial charge in [0.2, 0.25) is 0 Å². The Bertz CT molecular complexity index is 491. The molecule has 94 valence electrons. The van der Waals surface area contributed by atoms with Gasteiger partial charge >= 0.3 is 0 Å². The SMILES string of the molecule is CCC(Nc1c(N)cccc1Cl)c1ccccc1. The van der Waals surface area contributed by atoms with Crippen molar-refractivity contribution in [2.24, 2.45) is 0 Å². The number of hydrogen-bond acceptors (Lipinski definition) is 2. The van der Waals surface area contributed by atoms with Gasteiger partial charge in [-0.1, -0.05) is 54.9 Å². The van der Waals surface area contributed by atoms with E-state index in [1.807, 2.05) is 36.4 Å². The van der Waals surface area contributed by atoms with Gasteiger partial charge in [0.15, 0.2) is 0 Å². The summed E-state index contributed by atoms with van der Waals surface area (Å²) in [5.74, 6) is 0. The van der Waals surface area contributed by atoms with Crippen molar-refractivity contribution < 1.29 is 0 Å². The van der Waals surface area contributed by atoms with Crippen molar-refractivity contribution in [1.29, 1.82) is 0 Å². The molecule has 0 radical (unpaired) electrons. The summed E-state index contributed by atoms with van der Waals surface area (Å²) in [4.78, 5) is 0. The summed E-state index contributed by atoms with van der Waals surface area (Å²) in [6, 6.07) is 16.1. The van der Waals surface area contributed by atoms with E-state index in [0.717, 1.165) is 12.1 Å². The molecule has 0 saturated carbocycles. The summed E-state index contributed by atoms with van der Waals surface area (Å²) >= 11 is 6.18. The van der Waals surface area contributed by atoms with Crippen molar-refractivity contribution in [3.63, 3.8) is 0 Å². The van der Waals surface area contributed by atoms with Crippen LogP contribution in [0.3, 0.4) is 0 Å². The summed E-state index contributed by atoms with van der Waals surface area (Å²) in [6.45, 7) is 2.14. The van der Waals surface area contributed by atoms with Gasteiger partial charge in [-0.05, 0) is 24.1 Å². The van der Waals surface area contributed by atoms with E-state index >= 15 is 0 Å². The molecule has 2 nitrogen and oxygen atoms in total. The quantitative estimate of drug-likeness (QED) is 0.795. The Kier molecular flexibility index (Phi) is 4.11. The zero-order valence-corrected chi connectivity index (χ0v) is 11.1. The van der Waals surface area contributed by atoms with Gasteiger partial charge in [0, 0.05) is 0 Å². The average Bonchev–Trinajstić information content (AvgIpc) is 2.40. The fourth-order valence-electron chi connectivity index (χ4n) is 1.97. The first-order valence-electron chi connectivity index (χ1n) is 6.08. The van der Waals surface area contributed by atoms with Gasteiger partial charge in [0.05, 0.1) is 22.4 Å². The summed E-state index contributed by atoms with van der Waals surface area (Å²) in [6.07, 6.45) is 0.967. The van der Waals surface area contributed by atoms with Crippen LogP contribution in [0.15, 0.2) is 48.5 Å². The highest BCUT2D eigenvalue weighted by atomic mass is 35.5. The molecule has 3 heteroatoms. The number of hydrogen-bond donors (Lipinski definition) is 2. The summed E-state index contributed by atoms with van der Waals surface area (Å²) in [5.41, 5.74) is 8.68. The number of para-hydroxylation sites is 1. The van der Waals surface area contributed by atoms with Crippen LogP contribution in [0.5, 0.6) is 0 Å². The standard InChI is InChI=1S/C15H17ClN2/c1-2-14(11-7-4-3-5-8-11)18-15-12(16)9-6-10-13(15)17/h3-10,14,18H,2,17H2,1H3. The van der Waals surface area contributed by atoms with E-state index in [4.69, 9.17) is 17.3 Å². The van der Waals surface area contributed by atoms with Gasteiger partial charge in [-0.15, -0.1) is 0 Å². The van der Waals surface area contributed by atoms with Crippen molar-refractivity contribution in [1.82, 2.24) is 0 Å². The highest BCUT2D eigenvalue weighted by Gasteiger charge is 2.12. The second kappa shape index (κ2) is 5.78. The fraction of sp³-hybridized carbons (Fsp3) is 0.200. The van der Waals surface area contributed by atoms with Gasteiger partial charge in [-0.3, -0.25) is 0 Å². The van der Waals surface area contributed by atoms with Gasteiger partial charge in [-0.2, -0.15) is 0 Å². The molecule has 0 fully saturated rings. The van der Waals surface area contributed by atoms with Crippen LogP contribution in [-0.2, 0) is 0 Å². The molecule has 0 spiro atoms. The second-order valence-electron chi connectivity index (χ2n) is 4.22. The third kappa shape index (κ3) is 2.77. The highest BCUT2D eigenvalue weighted by Crippen LogP contribution is 2.32. The molecule has 0 aromatic heterocycles. The Labute approximate surface area is 113 Å². The molecule has 0 aliphatic rings. The number of rotatable bonds is 4.